The van der Waals surface area contributed by atoms with E-state index in [2.05, 4.69) is 21.5 Å². The lowest BCUT2D eigenvalue weighted by Gasteiger charge is -1.92. The molecule has 2 N–H and O–H groups in total. The first-order valence-electron chi connectivity index (χ1n) is 4.61. The summed E-state index contributed by atoms with van der Waals surface area (Å²) in [6.07, 6.45) is 7.14. The fraction of sp³-hybridized carbons (Fsp3) is 0.300. The normalized spacial score (nSPS) is 11.9. The van der Waals surface area contributed by atoms with Gasteiger partial charge in [-0.2, -0.15) is 0 Å². The first-order valence-corrected chi connectivity index (χ1v) is 5.49. The fourth-order valence-corrected chi connectivity index (χ4v) is 2.17. The van der Waals surface area contributed by atoms with Crippen molar-refractivity contribution in [2.24, 2.45) is 5.73 Å². The summed E-state index contributed by atoms with van der Waals surface area (Å²) in [5.74, 6) is 0. The van der Waals surface area contributed by atoms with E-state index in [1.54, 1.807) is 11.3 Å². The topological polar surface area (TPSA) is 43.3 Å². The number of rotatable bonds is 3. The van der Waals surface area contributed by atoms with Crippen LogP contribution in [0.15, 0.2) is 17.7 Å². The van der Waals surface area contributed by atoms with E-state index in [4.69, 9.17) is 5.73 Å². The van der Waals surface area contributed by atoms with Gasteiger partial charge in [0.2, 0.25) is 0 Å². The lowest BCUT2D eigenvalue weighted by molar-refractivity contribution is 1.01. The molecule has 0 atom stereocenters. The highest BCUT2D eigenvalue weighted by molar-refractivity contribution is 7.15. The third-order valence-corrected chi connectivity index (χ3v) is 2.85. The monoisotopic (exact) mass is 207 g/mol. The molecule has 3 nitrogen and oxygen atoms in total. The molecule has 0 aliphatic heterocycles. The van der Waals surface area contributed by atoms with Gasteiger partial charge in [-0.3, -0.25) is 4.40 Å². The Bertz CT molecular complexity index is 453. The number of aromatic nitrogens is 2. The van der Waals surface area contributed by atoms with E-state index in [9.17, 15) is 0 Å². The highest BCUT2D eigenvalue weighted by atomic mass is 32.1. The zero-order chi connectivity index (χ0) is 9.97. The average Bonchev–Trinajstić information content (AvgIpc) is 2.69. The fourth-order valence-electron chi connectivity index (χ4n) is 1.40. The van der Waals surface area contributed by atoms with Gasteiger partial charge in [0.25, 0.3) is 0 Å². The molecule has 2 aromatic rings. The van der Waals surface area contributed by atoms with E-state index >= 15 is 0 Å². The van der Waals surface area contributed by atoms with Gasteiger partial charge in [0, 0.05) is 11.6 Å². The van der Waals surface area contributed by atoms with Gasteiger partial charge in [-0.15, -0.1) is 11.3 Å². The van der Waals surface area contributed by atoms with Crippen LogP contribution in [0.3, 0.4) is 0 Å². The van der Waals surface area contributed by atoms with Gasteiger partial charge in [0.15, 0.2) is 4.96 Å². The molecular weight excluding hydrogens is 194 g/mol. The van der Waals surface area contributed by atoms with Crippen molar-refractivity contribution in [1.82, 2.24) is 9.38 Å². The number of nitrogens with zero attached hydrogens (tertiary/aromatic N) is 2. The maximum atomic E-state index is 5.43. The largest absolute Gasteiger partial charge is 0.330 e. The summed E-state index contributed by atoms with van der Waals surface area (Å²) in [5.41, 5.74) is 7.66. The number of hydrogen-bond acceptors (Lipinski definition) is 3. The minimum Gasteiger partial charge on any atom is -0.330 e. The van der Waals surface area contributed by atoms with Crippen molar-refractivity contribution in [2.75, 3.05) is 6.54 Å². The van der Waals surface area contributed by atoms with Gasteiger partial charge < -0.3 is 5.73 Å². The Morgan fingerprint density at radius 2 is 2.50 bits per heavy atom. The Balaban J connectivity index is 2.38. The predicted octanol–water partition coefficient (Wildman–Crippen LogP) is 2.07. The molecule has 2 rings (SSSR count). The Morgan fingerprint density at radius 3 is 3.29 bits per heavy atom. The first kappa shape index (κ1) is 9.43. The van der Waals surface area contributed by atoms with Crippen LogP contribution < -0.4 is 5.73 Å². The van der Waals surface area contributed by atoms with E-state index in [0.29, 0.717) is 6.54 Å². The summed E-state index contributed by atoms with van der Waals surface area (Å²) < 4.78 is 2.10. The summed E-state index contributed by atoms with van der Waals surface area (Å²) in [5, 5.41) is 2.04. The van der Waals surface area contributed by atoms with Crippen molar-refractivity contribution >= 4 is 22.4 Å². The van der Waals surface area contributed by atoms with Crippen LogP contribution in [-0.2, 0) is 0 Å². The average molecular weight is 207 g/mol. The highest BCUT2D eigenvalue weighted by Gasteiger charge is 2.05. The molecule has 2 heterocycles. The van der Waals surface area contributed by atoms with Crippen LogP contribution in [0.25, 0.3) is 11.0 Å². The van der Waals surface area contributed by atoms with Crippen LogP contribution in [0.5, 0.6) is 0 Å². The summed E-state index contributed by atoms with van der Waals surface area (Å²) in [4.78, 5) is 5.50. The molecule has 0 aliphatic rings. The second-order valence-electron chi connectivity index (χ2n) is 3.12. The van der Waals surface area contributed by atoms with E-state index in [1.165, 1.54) is 0 Å². The summed E-state index contributed by atoms with van der Waals surface area (Å²) >= 11 is 1.65. The predicted molar refractivity (Wildman–Crippen MR) is 60.5 cm³/mol. The van der Waals surface area contributed by atoms with E-state index < -0.39 is 0 Å². The Labute approximate surface area is 86.9 Å². The standard InChI is InChI=1S/C10H13N3S/c1-8-9(4-2-3-5-11)13-6-7-14-10(13)12-8/h2,4,6-7H,3,5,11H2,1H3. The van der Waals surface area contributed by atoms with Crippen molar-refractivity contribution in [1.29, 1.82) is 0 Å². The Kier molecular flexibility index (Phi) is 2.65. The van der Waals surface area contributed by atoms with Gasteiger partial charge in [-0.25, -0.2) is 4.98 Å². The van der Waals surface area contributed by atoms with E-state index in [1.807, 2.05) is 18.5 Å². The third kappa shape index (κ3) is 1.58. The quantitative estimate of drug-likeness (QED) is 0.837. The number of imidazole rings is 1. The molecule has 0 saturated carbocycles. The molecule has 0 amide bonds. The summed E-state index contributed by atoms with van der Waals surface area (Å²) in [6, 6.07) is 0. The summed E-state index contributed by atoms with van der Waals surface area (Å²) in [6.45, 7) is 2.73. The molecule has 0 aliphatic carbocycles. The highest BCUT2D eigenvalue weighted by Crippen LogP contribution is 2.17. The third-order valence-electron chi connectivity index (χ3n) is 2.09. The van der Waals surface area contributed by atoms with Gasteiger partial charge in [0.05, 0.1) is 11.4 Å². The second-order valence-corrected chi connectivity index (χ2v) is 3.99. The van der Waals surface area contributed by atoms with Crippen molar-refractivity contribution in [3.63, 3.8) is 0 Å². The molecule has 0 unspecified atom stereocenters. The Hall–Kier alpha value is -1.13. The Morgan fingerprint density at radius 1 is 1.64 bits per heavy atom. The van der Waals surface area contributed by atoms with Gasteiger partial charge in [0.1, 0.15) is 0 Å². The maximum absolute atomic E-state index is 5.43. The van der Waals surface area contributed by atoms with Crippen LogP contribution >= 0.6 is 11.3 Å². The van der Waals surface area contributed by atoms with E-state index in [-0.39, 0.29) is 0 Å². The van der Waals surface area contributed by atoms with Crippen molar-refractivity contribution in [2.45, 2.75) is 13.3 Å². The van der Waals surface area contributed by atoms with Crippen LogP contribution in [0.4, 0.5) is 0 Å². The molecule has 2 aromatic heterocycles. The van der Waals surface area contributed by atoms with Gasteiger partial charge in [-0.05, 0) is 26.0 Å². The maximum Gasteiger partial charge on any atom is 0.194 e. The zero-order valence-corrected chi connectivity index (χ0v) is 8.92. The molecule has 0 aromatic carbocycles. The minimum atomic E-state index is 0.696. The van der Waals surface area contributed by atoms with E-state index in [0.717, 1.165) is 22.8 Å². The van der Waals surface area contributed by atoms with Crippen molar-refractivity contribution < 1.29 is 0 Å². The number of hydrogen-bond donors (Lipinski definition) is 1. The number of thiazole rings is 1. The summed E-state index contributed by atoms with van der Waals surface area (Å²) in [7, 11) is 0. The molecule has 4 heteroatoms. The lowest BCUT2D eigenvalue weighted by atomic mass is 10.3. The molecule has 0 bridgehead atoms. The SMILES string of the molecule is Cc1nc2sccn2c1C=CCCN. The van der Waals surface area contributed by atoms with Crippen molar-refractivity contribution in [3.05, 3.63) is 29.0 Å². The number of aryl methyl sites for hydroxylation is 1. The van der Waals surface area contributed by atoms with Crippen LogP contribution in [-0.4, -0.2) is 15.9 Å². The molecule has 14 heavy (non-hydrogen) atoms. The molecule has 0 saturated heterocycles. The minimum absolute atomic E-state index is 0.696. The molecule has 0 radical (unpaired) electrons. The van der Waals surface area contributed by atoms with Crippen LogP contribution in [0.1, 0.15) is 17.8 Å². The van der Waals surface area contributed by atoms with Crippen molar-refractivity contribution in [3.8, 4) is 0 Å². The molecular formula is C10H13N3S. The number of fused-ring (bicyclic) bond motifs is 1. The second kappa shape index (κ2) is 3.94. The van der Waals surface area contributed by atoms with Crippen LogP contribution in [0.2, 0.25) is 0 Å². The lowest BCUT2D eigenvalue weighted by Crippen LogP contribution is -1.95. The zero-order valence-electron chi connectivity index (χ0n) is 8.10. The molecule has 0 fully saturated rings. The first-order chi connectivity index (χ1) is 6.83. The smallest absolute Gasteiger partial charge is 0.194 e. The molecule has 74 valence electrons. The number of nitrogens with two attached hydrogens (primary N) is 1. The van der Waals surface area contributed by atoms with Gasteiger partial charge in [-0.1, -0.05) is 6.08 Å². The van der Waals surface area contributed by atoms with Gasteiger partial charge >= 0.3 is 0 Å². The van der Waals surface area contributed by atoms with Crippen LogP contribution in [0, 0.1) is 6.92 Å². The molecule has 0 spiro atoms.